The number of hydrogen-bond acceptors (Lipinski definition) is 2. The summed E-state index contributed by atoms with van der Waals surface area (Å²) in [6.07, 6.45) is 0. The Bertz CT molecular complexity index is 860. The molecule has 110 valence electrons. The fraction of sp³-hybridized carbons (Fsp3) is 0.0588. The van der Waals surface area contributed by atoms with E-state index in [2.05, 4.69) is 10.3 Å². The van der Waals surface area contributed by atoms with Crippen LogP contribution in [-0.4, -0.2) is 10.9 Å². The minimum atomic E-state index is -0.436. The highest BCUT2D eigenvalue weighted by Gasteiger charge is 2.13. The number of anilines is 1. The molecule has 1 heterocycles. The number of amides is 1. The first-order valence-corrected chi connectivity index (χ1v) is 6.67. The molecule has 3 nitrogen and oxygen atoms in total. The summed E-state index contributed by atoms with van der Waals surface area (Å²) in [5, 5.41) is 3.10. The van der Waals surface area contributed by atoms with Crippen LogP contribution < -0.4 is 5.32 Å². The van der Waals surface area contributed by atoms with E-state index in [1.54, 1.807) is 13.0 Å². The second-order valence-electron chi connectivity index (χ2n) is 4.93. The zero-order valence-corrected chi connectivity index (χ0v) is 11.7. The molecule has 1 amide bonds. The first kappa shape index (κ1) is 14.1. The third-order valence-electron chi connectivity index (χ3n) is 3.25. The van der Waals surface area contributed by atoms with E-state index in [4.69, 9.17) is 0 Å². The molecule has 5 heteroatoms. The summed E-state index contributed by atoms with van der Waals surface area (Å²) in [7, 11) is 0. The third kappa shape index (κ3) is 2.79. The number of carbonyl (C=O) groups is 1. The van der Waals surface area contributed by atoms with Gasteiger partial charge in [-0.15, -0.1) is 0 Å². The van der Waals surface area contributed by atoms with Crippen molar-refractivity contribution in [3.63, 3.8) is 0 Å². The number of rotatable bonds is 2. The van der Waals surface area contributed by atoms with E-state index in [1.165, 1.54) is 42.5 Å². The highest BCUT2D eigenvalue weighted by Crippen LogP contribution is 2.21. The van der Waals surface area contributed by atoms with Crippen molar-refractivity contribution in [3.8, 4) is 0 Å². The smallest absolute Gasteiger partial charge is 0.256 e. The van der Waals surface area contributed by atoms with E-state index in [0.717, 1.165) is 0 Å². The van der Waals surface area contributed by atoms with Gasteiger partial charge in [0.25, 0.3) is 5.91 Å². The summed E-state index contributed by atoms with van der Waals surface area (Å²) >= 11 is 0. The minimum absolute atomic E-state index is 0.325. The Hall–Kier alpha value is -2.82. The van der Waals surface area contributed by atoms with Crippen LogP contribution in [0.15, 0.2) is 48.5 Å². The number of fused-ring (bicyclic) bond motifs is 1. The molecular weight excluding hydrogens is 286 g/mol. The van der Waals surface area contributed by atoms with Gasteiger partial charge in [-0.25, -0.2) is 8.78 Å². The van der Waals surface area contributed by atoms with Gasteiger partial charge in [0.1, 0.15) is 11.6 Å². The first-order chi connectivity index (χ1) is 10.5. The van der Waals surface area contributed by atoms with Gasteiger partial charge in [0.05, 0.1) is 11.1 Å². The highest BCUT2D eigenvalue weighted by atomic mass is 19.1. The van der Waals surface area contributed by atoms with E-state index in [1.807, 2.05) is 0 Å². The van der Waals surface area contributed by atoms with Gasteiger partial charge in [0, 0.05) is 16.8 Å². The molecule has 3 rings (SSSR count). The minimum Gasteiger partial charge on any atom is -0.322 e. The summed E-state index contributed by atoms with van der Waals surface area (Å²) in [6.45, 7) is 1.76. The lowest BCUT2D eigenvalue weighted by atomic mass is 10.1. The second-order valence-corrected chi connectivity index (χ2v) is 4.93. The fourth-order valence-corrected chi connectivity index (χ4v) is 2.25. The van der Waals surface area contributed by atoms with Crippen molar-refractivity contribution in [2.45, 2.75) is 6.92 Å². The highest BCUT2D eigenvalue weighted by molar-refractivity contribution is 6.12. The molecule has 0 bridgehead atoms. The predicted octanol–water partition coefficient (Wildman–Crippen LogP) is 4.07. The van der Waals surface area contributed by atoms with Crippen molar-refractivity contribution >= 4 is 22.5 Å². The SMILES string of the molecule is Cc1cc(C(=O)Nc2ccc(F)cc2)c2cc(F)ccc2n1. The van der Waals surface area contributed by atoms with Crippen LogP contribution in [0.1, 0.15) is 16.1 Å². The van der Waals surface area contributed by atoms with Crippen LogP contribution >= 0.6 is 0 Å². The van der Waals surface area contributed by atoms with Crippen LogP contribution in [0.25, 0.3) is 10.9 Å². The van der Waals surface area contributed by atoms with Gasteiger partial charge < -0.3 is 5.32 Å². The molecule has 3 aromatic rings. The molecule has 2 aromatic carbocycles. The predicted molar refractivity (Wildman–Crippen MR) is 80.8 cm³/mol. The number of nitrogens with one attached hydrogen (secondary N) is 1. The zero-order valence-electron chi connectivity index (χ0n) is 11.7. The molecule has 0 aliphatic carbocycles. The van der Waals surface area contributed by atoms with Crippen molar-refractivity contribution in [1.82, 2.24) is 4.98 Å². The number of aromatic nitrogens is 1. The van der Waals surface area contributed by atoms with Gasteiger partial charge >= 0.3 is 0 Å². The number of aryl methyl sites for hydroxylation is 1. The quantitative estimate of drug-likeness (QED) is 0.774. The lowest BCUT2D eigenvalue weighted by Gasteiger charge is -2.09. The van der Waals surface area contributed by atoms with Crippen LogP contribution in [0.4, 0.5) is 14.5 Å². The van der Waals surface area contributed by atoms with Gasteiger partial charge in [0.2, 0.25) is 0 Å². The van der Waals surface area contributed by atoms with Crippen molar-refractivity contribution < 1.29 is 13.6 Å². The lowest BCUT2D eigenvalue weighted by Crippen LogP contribution is -2.13. The molecule has 0 radical (unpaired) electrons. The summed E-state index contributed by atoms with van der Waals surface area (Å²) in [5.74, 6) is -1.22. The van der Waals surface area contributed by atoms with Gasteiger partial charge in [-0.1, -0.05) is 0 Å². The normalized spacial score (nSPS) is 10.7. The second kappa shape index (κ2) is 5.52. The van der Waals surface area contributed by atoms with Crippen LogP contribution in [0, 0.1) is 18.6 Å². The number of halogens is 2. The molecule has 22 heavy (non-hydrogen) atoms. The Morgan fingerprint density at radius 3 is 2.41 bits per heavy atom. The Balaban J connectivity index is 2.03. The van der Waals surface area contributed by atoms with Gasteiger partial charge in [-0.05, 0) is 55.5 Å². The van der Waals surface area contributed by atoms with Crippen molar-refractivity contribution in [2.75, 3.05) is 5.32 Å². The number of nitrogens with zero attached hydrogens (tertiary/aromatic N) is 1. The Kier molecular flexibility index (Phi) is 3.55. The molecule has 0 fully saturated rings. The maximum absolute atomic E-state index is 13.5. The fourth-order valence-electron chi connectivity index (χ4n) is 2.25. The van der Waals surface area contributed by atoms with Crippen LogP contribution in [0.5, 0.6) is 0 Å². The maximum Gasteiger partial charge on any atom is 0.256 e. The molecule has 0 saturated carbocycles. The topological polar surface area (TPSA) is 42.0 Å². The number of benzene rings is 2. The summed E-state index contributed by atoms with van der Waals surface area (Å²) in [6, 6.07) is 11.1. The molecular formula is C17H12F2N2O. The van der Waals surface area contributed by atoms with Crippen molar-refractivity contribution in [3.05, 3.63) is 71.4 Å². The van der Waals surface area contributed by atoms with Crippen LogP contribution in [0.3, 0.4) is 0 Å². The van der Waals surface area contributed by atoms with Gasteiger partial charge in [0.15, 0.2) is 0 Å². The Morgan fingerprint density at radius 1 is 1.00 bits per heavy atom. The Labute approximate surface area is 125 Å². The van der Waals surface area contributed by atoms with Crippen LogP contribution in [0.2, 0.25) is 0 Å². The van der Waals surface area contributed by atoms with E-state index < -0.39 is 11.7 Å². The maximum atomic E-state index is 13.5. The van der Waals surface area contributed by atoms with Crippen LogP contribution in [-0.2, 0) is 0 Å². The van der Waals surface area contributed by atoms with Gasteiger partial charge in [-0.3, -0.25) is 9.78 Å². The van der Waals surface area contributed by atoms with E-state index >= 15 is 0 Å². The van der Waals surface area contributed by atoms with Crippen molar-refractivity contribution in [1.29, 1.82) is 0 Å². The molecule has 0 spiro atoms. The molecule has 0 unspecified atom stereocenters. The largest absolute Gasteiger partial charge is 0.322 e. The molecule has 1 aromatic heterocycles. The Morgan fingerprint density at radius 2 is 1.68 bits per heavy atom. The monoisotopic (exact) mass is 298 g/mol. The van der Waals surface area contributed by atoms with Gasteiger partial charge in [-0.2, -0.15) is 0 Å². The van der Waals surface area contributed by atoms with E-state index in [-0.39, 0.29) is 5.82 Å². The number of carbonyl (C=O) groups excluding carboxylic acids is 1. The molecule has 1 N–H and O–H groups in total. The number of pyridine rings is 1. The molecule has 0 saturated heterocycles. The lowest BCUT2D eigenvalue weighted by molar-refractivity contribution is 0.102. The number of hydrogen-bond donors (Lipinski definition) is 1. The summed E-state index contributed by atoms with van der Waals surface area (Å²) in [4.78, 5) is 16.7. The average molecular weight is 298 g/mol. The van der Waals surface area contributed by atoms with Crippen molar-refractivity contribution in [2.24, 2.45) is 0 Å². The first-order valence-electron chi connectivity index (χ1n) is 6.67. The van der Waals surface area contributed by atoms with E-state index in [9.17, 15) is 13.6 Å². The standard InChI is InChI=1S/C17H12F2N2O/c1-10-8-15(14-9-12(19)4-7-16(14)20-10)17(22)21-13-5-2-11(18)3-6-13/h2-9H,1H3,(H,21,22). The average Bonchev–Trinajstić information content (AvgIpc) is 2.49. The molecule has 0 atom stereocenters. The summed E-state index contributed by atoms with van der Waals surface area (Å²) in [5.41, 5.74) is 1.99. The zero-order chi connectivity index (χ0) is 15.7. The molecule has 0 aliphatic rings. The molecule has 0 aliphatic heterocycles. The van der Waals surface area contributed by atoms with E-state index in [0.29, 0.717) is 27.8 Å². The summed E-state index contributed by atoms with van der Waals surface area (Å²) < 4.78 is 26.3. The third-order valence-corrected chi connectivity index (χ3v) is 3.25.